The van der Waals surface area contributed by atoms with Crippen LogP contribution in [0.4, 0.5) is 5.82 Å². The molecule has 1 aromatic carbocycles. The molecule has 0 radical (unpaired) electrons. The van der Waals surface area contributed by atoms with Crippen molar-refractivity contribution in [1.82, 2.24) is 25.1 Å². The summed E-state index contributed by atoms with van der Waals surface area (Å²) in [5, 5.41) is 10.4. The van der Waals surface area contributed by atoms with E-state index < -0.39 is 0 Å². The largest absolute Gasteiger partial charge is 0.493 e. The molecule has 3 aromatic heterocycles. The molecule has 0 atom stereocenters. The number of H-pyrrole nitrogens is 1. The van der Waals surface area contributed by atoms with Gasteiger partial charge in [0.2, 0.25) is 5.91 Å². The maximum Gasteiger partial charge on any atom is 0.233 e. The van der Waals surface area contributed by atoms with Gasteiger partial charge in [-0.15, -0.1) is 0 Å². The van der Waals surface area contributed by atoms with E-state index in [-0.39, 0.29) is 12.3 Å². The first-order valence-corrected chi connectivity index (χ1v) is 9.93. The molecule has 164 valence electrons. The number of aromatic nitrogens is 5. The zero-order chi connectivity index (χ0) is 22.5. The fourth-order valence-electron chi connectivity index (χ4n) is 3.09. The van der Waals surface area contributed by atoms with Gasteiger partial charge in [-0.3, -0.25) is 14.9 Å². The molecule has 0 saturated heterocycles. The summed E-state index contributed by atoms with van der Waals surface area (Å²) in [5.74, 6) is 2.73. The average Bonchev–Trinajstić information content (AvgIpc) is 3.27. The van der Waals surface area contributed by atoms with Gasteiger partial charge in [0.05, 0.1) is 38.6 Å². The second-order valence-electron chi connectivity index (χ2n) is 6.83. The molecule has 0 unspecified atom stereocenters. The number of benzene rings is 1. The Hall–Kier alpha value is -4.21. The van der Waals surface area contributed by atoms with Crippen molar-refractivity contribution < 1.29 is 19.0 Å². The van der Waals surface area contributed by atoms with Gasteiger partial charge in [-0.2, -0.15) is 5.10 Å². The Morgan fingerprint density at radius 3 is 2.47 bits per heavy atom. The van der Waals surface area contributed by atoms with Gasteiger partial charge < -0.3 is 19.5 Å². The lowest BCUT2D eigenvalue weighted by molar-refractivity contribution is -0.115. The smallest absolute Gasteiger partial charge is 0.233 e. The van der Waals surface area contributed by atoms with Crippen LogP contribution < -0.4 is 19.5 Å². The predicted molar refractivity (Wildman–Crippen MR) is 117 cm³/mol. The zero-order valence-corrected chi connectivity index (χ0v) is 17.9. The van der Waals surface area contributed by atoms with Crippen molar-refractivity contribution in [3.8, 4) is 23.0 Å². The van der Waals surface area contributed by atoms with Gasteiger partial charge in [0.15, 0.2) is 23.1 Å². The maximum absolute atomic E-state index is 12.2. The lowest BCUT2D eigenvalue weighted by Gasteiger charge is -2.12. The molecule has 0 aliphatic heterocycles. The van der Waals surface area contributed by atoms with E-state index in [2.05, 4.69) is 30.5 Å². The summed E-state index contributed by atoms with van der Waals surface area (Å²) >= 11 is 0. The standard InChI is InChI=1S/C22H22N6O4/c1-4-13-7-21(28-27-13)26-22(29)10-20-24-11-14(12-25-20)32-17-5-6-23-16-9-19(31-3)18(30-2)8-15(16)17/h5-9,11-12H,4,10H2,1-3H3,(H2,26,27,28,29). The number of methoxy groups -OCH3 is 2. The van der Waals surface area contributed by atoms with E-state index >= 15 is 0 Å². The molecule has 0 spiro atoms. The van der Waals surface area contributed by atoms with Crippen LogP contribution in [0.1, 0.15) is 18.4 Å². The van der Waals surface area contributed by atoms with Crippen LogP contribution in [0.2, 0.25) is 0 Å². The minimum absolute atomic E-state index is 0.0176. The third-order valence-corrected chi connectivity index (χ3v) is 4.71. The number of pyridine rings is 1. The van der Waals surface area contributed by atoms with Crippen LogP contribution in [-0.2, 0) is 17.6 Å². The molecule has 0 aliphatic rings. The number of rotatable bonds is 8. The van der Waals surface area contributed by atoms with Crippen molar-refractivity contribution in [3.05, 3.63) is 54.4 Å². The second-order valence-corrected chi connectivity index (χ2v) is 6.83. The number of anilines is 1. The highest BCUT2D eigenvalue weighted by molar-refractivity contribution is 5.91. The van der Waals surface area contributed by atoms with E-state index in [0.29, 0.717) is 40.2 Å². The fraction of sp³-hybridized carbons (Fsp3) is 0.227. The van der Waals surface area contributed by atoms with Crippen LogP contribution in [0, 0.1) is 0 Å². The molecule has 1 amide bonds. The monoisotopic (exact) mass is 434 g/mol. The molecule has 0 fully saturated rings. The number of hydrogen-bond donors (Lipinski definition) is 2. The zero-order valence-electron chi connectivity index (χ0n) is 17.9. The van der Waals surface area contributed by atoms with E-state index in [1.807, 2.05) is 6.92 Å². The summed E-state index contributed by atoms with van der Waals surface area (Å²) in [6, 6.07) is 7.11. The van der Waals surface area contributed by atoms with Crippen LogP contribution in [0.5, 0.6) is 23.0 Å². The molecule has 4 rings (SSSR count). The second kappa shape index (κ2) is 9.29. The Kier molecular flexibility index (Phi) is 6.11. The van der Waals surface area contributed by atoms with E-state index in [1.165, 1.54) is 12.4 Å². The number of carbonyl (C=O) groups excluding carboxylic acids is 1. The Labute approximate surface area is 184 Å². The number of fused-ring (bicyclic) bond motifs is 1. The summed E-state index contributed by atoms with van der Waals surface area (Å²) in [5.41, 5.74) is 1.64. The minimum atomic E-state index is -0.256. The summed E-state index contributed by atoms with van der Waals surface area (Å²) in [4.78, 5) is 25.0. The van der Waals surface area contributed by atoms with Crippen molar-refractivity contribution in [2.45, 2.75) is 19.8 Å². The Morgan fingerprint density at radius 2 is 1.78 bits per heavy atom. The van der Waals surface area contributed by atoms with Gasteiger partial charge in [0.1, 0.15) is 11.6 Å². The lowest BCUT2D eigenvalue weighted by Crippen LogP contribution is -2.16. The summed E-state index contributed by atoms with van der Waals surface area (Å²) in [6.45, 7) is 2.00. The van der Waals surface area contributed by atoms with Gasteiger partial charge in [-0.1, -0.05) is 6.92 Å². The van der Waals surface area contributed by atoms with Gasteiger partial charge in [-0.25, -0.2) is 9.97 Å². The normalized spacial score (nSPS) is 10.7. The van der Waals surface area contributed by atoms with Crippen LogP contribution in [0.15, 0.2) is 42.9 Å². The molecule has 0 saturated carbocycles. The average molecular weight is 434 g/mol. The SMILES string of the molecule is CCc1cc(NC(=O)Cc2ncc(Oc3ccnc4cc(OC)c(OC)cc34)cn2)n[nH]1. The van der Waals surface area contributed by atoms with Crippen molar-refractivity contribution >= 4 is 22.6 Å². The van der Waals surface area contributed by atoms with E-state index in [0.717, 1.165) is 17.5 Å². The molecule has 0 aliphatic carbocycles. The van der Waals surface area contributed by atoms with Gasteiger partial charge in [0, 0.05) is 29.4 Å². The fourth-order valence-corrected chi connectivity index (χ4v) is 3.09. The molecular formula is C22H22N6O4. The lowest BCUT2D eigenvalue weighted by atomic mass is 10.2. The van der Waals surface area contributed by atoms with Gasteiger partial charge in [-0.05, 0) is 18.6 Å². The van der Waals surface area contributed by atoms with Crippen LogP contribution >= 0.6 is 0 Å². The molecule has 4 aromatic rings. The third kappa shape index (κ3) is 4.59. The molecule has 10 heteroatoms. The molecule has 0 bridgehead atoms. The summed E-state index contributed by atoms with van der Waals surface area (Å²) < 4.78 is 16.7. The number of carbonyl (C=O) groups is 1. The Bertz CT molecular complexity index is 1240. The maximum atomic E-state index is 12.2. The van der Waals surface area contributed by atoms with Gasteiger partial charge >= 0.3 is 0 Å². The summed E-state index contributed by atoms with van der Waals surface area (Å²) in [6.07, 6.45) is 5.51. The highest BCUT2D eigenvalue weighted by Gasteiger charge is 2.13. The first-order chi connectivity index (χ1) is 15.6. The molecule has 32 heavy (non-hydrogen) atoms. The quantitative estimate of drug-likeness (QED) is 0.433. The molecular weight excluding hydrogens is 412 g/mol. The van der Waals surface area contributed by atoms with Crippen molar-refractivity contribution in [2.75, 3.05) is 19.5 Å². The van der Waals surface area contributed by atoms with E-state index in [9.17, 15) is 4.79 Å². The predicted octanol–water partition coefficient (Wildman–Crippen LogP) is 3.30. The molecule has 2 N–H and O–H groups in total. The first-order valence-electron chi connectivity index (χ1n) is 9.93. The number of ether oxygens (including phenoxy) is 3. The van der Waals surface area contributed by atoms with Crippen molar-refractivity contribution in [1.29, 1.82) is 0 Å². The van der Waals surface area contributed by atoms with Crippen molar-refractivity contribution in [3.63, 3.8) is 0 Å². The van der Waals surface area contributed by atoms with Crippen LogP contribution in [0.25, 0.3) is 10.9 Å². The number of amides is 1. The van der Waals surface area contributed by atoms with Crippen molar-refractivity contribution in [2.24, 2.45) is 0 Å². The highest BCUT2D eigenvalue weighted by atomic mass is 16.5. The molecule has 3 heterocycles. The number of nitrogens with one attached hydrogen (secondary N) is 2. The highest BCUT2D eigenvalue weighted by Crippen LogP contribution is 2.36. The van der Waals surface area contributed by atoms with Crippen LogP contribution in [0.3, 0.4) is 0 Å². The van der Waals surface area contributed by atoms with Crippen LogP contribution in [-0.4, -0.2) is 45.3 Å². The Morgan fingerprint density at radius 1 is 1.03 bits per heavy atom. The third-order valence-electron chi connectivity index (χ3n) is 4.71. The number of nitrogens with zero attached hydrogens (tertiary/aromatic N) is 4. The topological polar surface area (TPSA) is 124 Å². The van der Waals surface area contributed by atoms with Gasteiger partial charge in [0.25, 0.3) is 0 Å². The number of aryl methyl sites for hydroxylation is 1. The van der Waals surface area contributed by atoms with E-state index in [1.54, 1.807) is 44.7 Å². The van der Waals surface area contributed by atoms with E-state index in [4.69, 9.17) is 14.2 Å². The molecule has 10 nitrogen and oxygen atoms in total. The number of hydrogen-bond acceptors (Lipinski definition) is 8. The summed E-state index contributed by atoms with van der Waals surface area (Å²) in [7, 11) is 3.14. The minimum Gasteiger partial charge on any atom is -0.493 e. The first kappa shape index (κ1) is 21.0. The Balaban J connectivity index is 1.46. The number of aromatic amines is 1.